The van der Waals surface area contributed by atoms with E-state index in [-0.39, 0.29) is 28.3 Å². The first-order valence-corrected chi connectivity index (χ1v) is 10.3. The first kappa shape index (κ1) is 20.3. The summed E-state index contributed by atoms with van der Waals surface area (Å²) in [6.45, 7) is 2.25. The topological polar surface area (TPSA) is 60.9 Å². The van der Waals surface area contributed by atoms with E-state index < -0.39 is 5.82 Å². The van der Waals surface area contributed by atoms with Crippen LogP contribution in [0.3, 0.4) is 0 Å². The smallest absolute Gasteiger partial charge is 0.255 e. The van der Waals surface area contributed by atoms with Gasteiger partial charge < -0.3 is 14.7 Å². The van der Waals surface area contributed by atoms with Crippen LogP contribution in [0.1, 0.15) is 33.6 Å². The van der Waals surface area contributed by atoms with Gasteiger partial charge in [-0.05, 0) is 48.9 Å². The van der Waals surface area contributed by atoms with Gasteiger partial charge in [0.05, 0.1) is 10.6 Å². The second-order valence-corrected chi connectivity index (χ2v) is 7.81. The zero-order chi connectivity index (χ0) is 21.3. The Labute approximate surface area is 178 Å². The summed E-state index contributed by atoms with van der Waals surface area (Å²) in [5.41, 5.74) is 1.61. The molecular weight excluding hydrogens is 409 g/mol. The molecule has 2 heterocycles. The summed E-state index contributed by atoms with van der Waals surface area (Å²) in [6.07, 6.45) is 1.42. The molecule has 2 aliphatic heterocycles. The van der Waals surface area contributed by atoms with Crippen molar-refractivity contribution in [2.24, 2.45) is 0 Å². The number of hydrogen-bond acceptors (Lipinski definition) is 3. The Morgan fingerprint density at radius 2 is 1.50 bits per heavy atom. The molecule has 0 atom stereocenters. The van der Waals surface area contributed by atoms with E-state index in [1.807, 2.05) is 0 Å². The number of carbonyl (C=O) groups excluding carboxylic acids is 3. The van der Waals surface area contributed by atoms with Crippen LogP contribution in [-0.2, 0) is 4.79 Å². The van der Waals surface area contributed by atoms with Crippen LogP contribution in [-0.4, -0.2) is 60.2 Å². The van der Waals surface area contributed by atoms with Gasteiger partial charge in [-0.1, -0.05) is 11.6 Å². The Hall–Kier alpha value is -2.93. The van der Waals surface area contributed by atoms with Gasteiger partial charge in [0, 0.05) is 50.4 Å². The quantitative estimate of drug-likeness (QED) is 0.752. The Morgan fingerprint density at radius 1 is 0.867 bits per heavy atom. The average molecular weight is 430 g/mol. The fourth-order valence-electron chi connectivity index (χ4n) is 3.83. The number of anilines is 1. The summed E-state index contributed by atoms with van der Waals surface area (Å²) in [6, 6.07) is 10.8. The van der Waals surface area contributed by atoms with Crippen LogP contribution in [0.15, 0.2) is 42.5 Å². The number of nitrogens with zero attached hydrogens (tertiary/aromatic N) is 3. The molecule has 0 N–H and O–H groups in total. The van der Waals surface area contributed by atoms with E-state index in [1.54, 1.807) is 39.0 Å². The third-order valence-corrected chi connectivity index (χ3v) is 5.83. The van der Waals surface area contributed by atoms with Gasteiger partial charge >= 0.3 is 0 Å². The summed E-state index contributed by atoms with van der Waals surface area (Å²) >= 11 is 6.00. The maximum atomic E-state index is 13.2. The highest BCUT2D eigenvalue weighted by atomic mass is 35.5. The summed E-state index contributed by atoms with van der Waals surface area (Å²) in [5.74, 6) is -0.767. The van der Waals surface area contributed by atoms with Crippen molar-refractivity contribution in [3.63, 3.8) is 0 Å². The molecule has 0 unspecified atom stereocenters. The van der Waals surface area contributed by atoms with Crippen molar-refractivity contribution in [2.45, 2.75) is 12.8 Å². The molecule has 2 aromatic carbocycles. The third-order valence-electron chi connectivity index (χ3n) is 5.51. The van der Waals surface area contributed by atoms with Gasteiger partial charge in [0.1, 0.15) is 5.82 Å². The number of carbonyl (C=O) groups is 3. The van der Waals surface area contributed by atoms with Crippen LogP contribution >= 0.6 is 11.6 Å². The van der Waals surface area contributed by atoms with Gasteiger partial charge in [0.2, 0.25) is 5.91 Å². The number of benzene rings is 2. The minimum absolute atomic E-state index is 0.0788. The van der Waals surface area contributed by atoms with Crippen molar-refractivity contribution in [2.75, 3.05) is 37.6 Å². The SMILES string of the molecule is O=C(c1ccc(N2CCCC2=O)cc1)N1CCN(C(=O)c2ccc(F)cc2Cl)CC1. The Bertz CT molecular complexity index is 988. The molecule has 0 aromatic heterocycles. The van der Waals surface area contributed by atoms with Gasteiger partial charge in [0.25, 0.3) is 11.8 Å². The molecular formula is C22H21ClFN3O3. The van der Waals surface area contributed by atoms with E-state index in [0.717, 1.165) is 18.2 Å². The molecule has 3 amide bonds. The first-order valence-electron chi connectivity index (χ1n) is 9.88. The molecule has 2 aliphatic rings. The Morgan fingerprint density at radius 3 is 2.07 bits per heavy atom. The number of amides is 3. The minimum Gasteiger partial charge on any atom is -0.335 e. The van der Waals surface area contributed by atoms with Crippen molar-refractivity contribution in [1.82, 2.24) is 9.80 Å². The predicted molar refractivity (Wildman–Crippen MR) is 111 cm³/mol. The summed E-state index contributed by atoms with van der Waals surface area (Å²) in [7, 11) is 0. The standard InChI is InChI=1S/C22H21ClFN3O3/c23-19-14-16(24)5-8-18(19)22(30)26-12-10-25(11-13-26)21(29)15-3-6-17(7-4-15)27-9-1-2-20(27)28/h3-8,14H,1-2,9-13H2. The van der Waals surface area contributed by atoms with E-state index in [9.17, 15) is 18.8 Å². The average Bonchev–Trinajstić information content (AvgIpc) is 3.19. The van der Waals surface area contributed by atoms with E-state index in [2.05, 4.69) is 0 Å². The van der Waals surface area contributed by atoms with Gasteiger partial charge in [0.15, 0.2) is 0 Å². The zero-order valence-corrected chi connectivity index (χ0v) is 17.1. The monoisotopic (exact) mass is 429 g/mol. The molecule has 156 valence electrons. The molecule has 2 aromatic rings. The largest absolute Gasteiger partial charge is 0.335 e. The maximum Gasteiger partial charge on any atom is 0.255 e. The molecule has 0 bridgehead atoms. The molecule has 0 spiro atoms. The molecule has 0 aliphatic carbocycles. The normalized spacial score (nSPS) is 16.9. The second-order valence-electron chi connectivity index (χ2n) is 7.40. The summed E-state index contributed by atoms with van der Waals surface area (Å²) in [5, 5.41) is 0.0788. The lowest BCUT2D eigenvalue weighted by molar-refractivity contribution is -0.117. The molecule has 0 saturated carbocycles. The highest BCUT2D eigenvalue weighted by Crippen LogP contribution is 2.23. The van der Waals surface area contributed by atoms with E-state index in [1.165, 1.54) is 12.1 Å². The fourth-order valence-corrected chi connectivity index (χ4v) is 4.08. The Balaban J connectivity index is 1.37. The fraction of sp³-hybridized carbons (Fsp3) is 0.318. The van der Waals surface area contributed by atoms with Gasteiger partial charge in [-0.3, -0.25) is 14.4 Å². The number of hydrogen-bond donors (Lipinski definition) is 0. The summed E-state index contributed by atoms with van der Waals surface area (Å²) < 4.78 is 13.2. The molecule has 4 rings (SSSR count). The first-order chi connectivity index (χ1) is 14.4. The lowest BCUT2D eigenvalue weighted by Crippen LogP contribution is -2.50. The van der Waals surface area contributed by atoms with E-state index in [0.29, 0.717) is 44.7 Å². The van der Waals surface area contributed by atoms with Gasteiger partial charge in [-0.15, -0.1) is 0 Å². The van der Waals surface area contributed by atoms with Crippen LogP contribution < -0.4 is 4.90 Å². The summed E-state index contributed by atoms with van der Waals surface area (Å²) in [4.78, 5) is 42.4. The van der Waals surface area contributed by atoms with Crippen molar-refractivity contribution >= 4 is 35.0 Å². The number of halogens is 2. The van der Waals surface area contributed by atoms with Crippen molar-refractivity contribution in [3.8, 4) is 0 Å². The van der Waals surface area contributed by atoms with Gasteiger partial charge in [-0.25, -0.2) is 4.39 Å². The number of piperazine rings is 1. The molecule has 6 nitrogen and oxygen atoms in total. The van der Waals surface area contributed by atoms with Crippen LogP contribution in [0.4, 0.5) is 10.1 Å². The molecule has 30 heavy (non-hydrogen) atoms. The minimum atomic E-state index is -0.493. The van der Waals surface area contributed by atoms with E-state index >= 15 is 0 Å². The molecule has 2 saturated heterocycles. The van der Waals surface area contributed by atoms with Crippen molar-refractivity contribution in [1.29, 1.82) is 0 Å². The van der Waals surface area contributed by atoms with Crippen LogP contribution in [0.2, 0.25) is 5.02 Å². The lowest BCUT2D eigenvalue weighted by atomic mass is 10.1. The van der Waals surface area contributed by atoms with Crippen LogP contribution in [0.25, 0.3) is 0 Å². The highest BCUT2D eigenvalue weighted by molar-refractivity contribution is 6.33. The van der Waals surface area contributed by atoms with Gasteiger partial charge in [-0.2, -0.15) is 0 Å². The van der Waals surface area contributed by atoms with E-state index in [4.69, 9.17) is 11.6 Å². The molecule has 2 fully saturated rings. The third kappa shape index (κ3) is 4.03. The molecule has 8 heteroatoms. The lowest BCUT2D eigenvalue weighted by Gasteiger charge is -2.35. The highest BCUT2D eigenvalue weighted by Gasteiger charge is 2.27. The van der Waals surface area contributed by atoms with Crippen LogP contribution in [0.5, 0.6) is 0 Å². The van der Waals surface area contributed by atoms with Crippen molar-refractivity contribution in [3.05, 3.63) is 64.4 Å². The maximum absolute atomic E-state index is 13.2. The second kappa shape index (κ2) is 8.44. The predicted octanol–water partition coefficient (Wildman–Crippen LogP) is 3.20. The van der Waals surface area contributed by atoms with Crippen LogP contribution in [0, 0.1) is 5.82 Å². The Kier molecular flexibility index (Phi) is 5.72. The number of rotatable bonds is 3. The van der Waals surface area contributed by atoms with Crippen molar-refractivity contribution < 1.29 is 18.8 Å². The molecule has 0 radical (unpaired) electrons. The zero-order valence-electron chi connectivity index (χ0n) is 16.3.